The Morgan fingerprint density at radius 2 is 1.76 bits per heavy atom. The molecule has 5 heteroatoms. The van der Waals surface area contributed by atoms with Crippen molar-refractivity contribution < 1.29 is 23.8 Å². The van der Waals surface area contributed by atoms with Crippen LogP contribution in [0.1, 0.15) is 44.5 Å². The van der Waals surface area contributed by atoms with Crippen molar-refractivity contribution >= 4 is 11.8 Å². The van der Waals surface area contributed by atoms with Crippen LogP contribution in [0.25, 0.3) is 0 Å². The maximum atomic E-state index is 12.3. The lowest BCUT2D eigenvalue weighted by Crippen LogP contribution is -2.16. The van der Waals surface area contributed by atoms with Crippen LogP contribution >= 0.6 is 0 Å². The van der Waals surface area contributed by atoms with Crippen LogP contribution in [-0.2, 0) is 9.53 Å². The third kappa shape index (κ3) is 5.10. The Bertz CT molecular complexity index is 493. The molecule has 1 aromatic rings. The molecule has 0 radical (unpaired) electrons. The molecule has 0 atom stereocenters. The molecule has 0 aromatic heterocycles. The molecule has 1 rings (SSSR count). The predicted octanol–water partition coefficient (Wildman–Crippen LogP) is 3.01. The Kier molecular flexibility index (Phi) is 6.72. The van der Waals surface area contributed by atoms with Gasteiger partial charge in [-0.15, -0.1) is 0 Å². The van der Waals surface area contributed by atoms with Crippen LogP contribution in [0.4, 0.5) is 0 Å². The summed E-state index contributed by atoms with van der Waals surface area (Å²) in [7, 11) is 0. The van der Waals surface area contributed by atoms with Crippen molar-refractivity contribution in [3.8, 4) is 11.5 Å². The van der Waals surface area contributed by atoms with Gasteiger partial charge in [0.2, 0.25) is 0 Å². The highest BCUT2D eigenvalue weighted by Gasteiger charge is 2.20. The lowest BCUT2D eigenvalue weighted by Gasteiger charge is -2.14. The van der Waals surface area contributed by atoms with E-state index in [1.807, 2.05) is 13.8 Å². The first kappa shape index (κ1) is 17.0. The largest absolute Gasteiger partial charge is 0.490 e. The second-order valence-electron chi connectivity index (χ2n) is 4.64. The Balaban J connectivity index is 2.97. The van der Waals surface area contributed by atoms with E-state index >= 15 is 0 Å². The van der Waals surface area contributed by atoms with Gasteiger partial charge in [0, 0.05) is 0 Å². The van der Waals surface area contributed by atoms with Gasteiger partial charge in [-0.2, -0.15) is 0 Å². The summed E-state index contributed by atoms with van der Waals surface area (Å²) in [6.45, 7) is 8.02. The number of carbonyl (C=O) groups excluding carboxylic acids is 2. The van der Waals surface area contributed by atoms with E-state index < -0.39 is 5.97 Å². The van der Waals surface area contributed by atoms with E-state index in [1.165, 1.54) is 0 Å². The number of carbonyl (C=O) groups is 2. The predicted molar refractivity (Wildman–Crippen MR) is 79.0 cm³/mol. The third-order valence-corrected chi connectivity index (χ3v) is 2.54. The van der Waals surface area contributed by atoms with Crippen molar-refractivity contribution in [2.24, 2.45) is 0 Å². The molecule has 116 valence electrons. The molecule has 5 nitrogen and oxygen atoms in total. The third-order valence-electron chi connectivity index (χ3n) is 2.54. The summed E-state index contributed by atoms with van der Waals surface area (Å²) in [4.78, 5) is 23.9. The SMILES string of the molecule is CCOc1cccc(C(=O)CC(=O)OC(C)C)c1OCC. The Labute approximate surface area is 125 Å². The molecule has 0 N–H and O–H groups in total. The van der Waals surface area contributed by atoms with E-state index in [0.29, 0.717) is 30.3 Å². The Morgan fingerprint density at radius 1 is 1.10 bits per heavy atom. The van der Waals surface area contributed by atoms with Crippen LogP contribution in [-0.4, -0.2) is 31.1 Å². The first-order valence-corrected chi connectivity index (χ1v) is 7.10. The molecule has 0 aliphatic carbocycles. The van der Waals surface area contributed by atoms with Gasteiger partial charge in [-0.25, -0.2) is 0 Å². The highest BCUT2D eigenvalue weighted by atomic mass is 16.5. The highest BCUT2D eigenvalue weighted by molar-refractivity contribution is 6.08. The topological polar surface area (TPSA) is 61.8 Å². The van der Waals surface area contributed by atoms with E-state index in [-0.39, 0.29) is 18.3 Å². The number of para-hydroxylation sites is 1. The van der Waals surface area contributed by atoms with Gasteiger partial charge >= 0.3 is 5.97 Å². The summed E-state index contributed by atoms with van der Waals surface area (Å²) in [6.07, 6.45) is -0.556. The molecule has 0 aliphatic rings. The molecule has 0 heterocycles. The molecule has 0 saturated carbocycles. The monoisotopic (exact) mass is 294 g/mol. The molecule has 0 aliphatic heterocycles. The van der Waals surface area contributed by atoms with E-state index in [4.69, 9.17) is 14.2 Å². The normalized spacial score (nSPS) is 10.3. The summed E-state index contributed by atoms with van der Waals surface area (Å²) in [5.41, 5.74) is 0.337. The standard InChI is InChI=1S/C16H22O5/c1-5-19-14-9-7-8-12(16(14)20-6-2)13(17)10-15(18)21-11(3)4/h7-9,11H,5-6,10H2,1-4H3. The molecule has 21 heavy (non-hydrogen) atoms. The molecule has 0 saturated heterocycles. The molecule has 0 amide bonds. The molecular formula is C16H22O5. The number of hydrogen-bond acceptors (Lipinski definition) is 5. The fourth-order valence-electron chi connectivity index (χ4n) is 1.83. The zero-order valence-corrected chi connectivity index (χ0v) is 13.0. The minimum Gasteiger partial charge on any atom is -0.490 e. The van der Waals surface area contributed by atoms with Gasteiger partial charge in [0.05, 0.1) is 24.9 Å². The lowest BCUT2D eigenvalue weighted by molar-refractivity contribution is -0.146. The van der Waals surface area contributed by atoms with Crippen molar-refractivity contribution in [1.82, 2.24) is 0 Å². The minimum absolute atomic E-state index is 0.244. The Hall–Kier alpha value is -2.04. The average Bonchev–Trinajstić information content (AvgIpc) is 2.40. The Morgan fingerprint density at radius 3 is 2.33 bits per heavy atom. The number of ether oxygens (including phenoxy) is 3. The van der Waals surface area contributed by atoms with Crippen LogP contribution in [0.5, 0.6) is 11.5 Å². The second kappa shape index (κ2) is 8.29. The summed E-state index contributed by atoms with van der Waals surface area (Å²) in [6, 6.07) is 5.06. The van der Waals surface area contributed by atoms with Crippen LogP contribution < -0.4 is 9.47 Å². The number of benzene rings is 1. The van der Waals surface area contributed by atoms with Crippen LogP contribution in [0.3, 0.4) is 0 Å². The molecular weight excluding hydrogens is 272 g/mol. The zero-order chi connectivity index (χ0) is 15.8. The van der Waals surface area contributed by atoms with Gasteiger partial charge in [0.25, 0.3) is 0 Å². The summed E-state index contributed by atoms with van der Waals surface area (Å²) < 4.78 is 16.0. The van der Waals surface area contributed by atoms with Crippen LogP contribution in [0.15, 0.2) is 18.2 Å². The van der Waals surface area contributed by atoms with Gasteiger partial charge in [-0.3, -0.25) is 9.59 Å². The maximum absolute atomic E-state index is 12.3. The minimum atomic E-state index is -0.542. The molecule has 1 aromatic carbocycles. The highest BCUT2D eigenvalue weighted by Crippen LogP contribution is 2.32. The summed E-state index contributed by atoms with van der Waals surface area (Å²) in [5.74, 6) is -0.00321. The van der Waals surface area contributed by atoms with E-state index in [2.05, 4.69) is 0 Å². The smallest absolute Gasteiger partial charge is 0.313 e. The van der Waals surface area contributed by atoms with Gasteiger partial charge in [0.15, 0.2) is 17.3 Å². The van der Waals surface area contributed by atoms with Crippen LogP contribution in [0.2, 0.25) is 0 Å². The van der Waals surface area contributed by atoms with Crippen molar-refractivity contribution in [1.29, 1.82) is 0 Å². The van der Waals surface area contributed by atoms with Gasteiger partial charge in [-0.1, -0.05) is 6.07 Å². The molecule has 0 bridgehead atoms. The quantitative estimate of drug-likeness (QED) is 0.419. The van der Waals surface area contributed by atoms with Crippen molar-refractivity contribution in [2.75, 3.05) is 13.2 Å². The first-order chi connectivity index (χ1) is 9.99. The maximum Gasteiger partial charge on any atom is 0.313 e. The van der Waals surface area contributed by atoms with Crippen molar-refractivity contribution in [3.63, 3.8) is 0 Å². The fraction of sp³-hybridized carbons (Fsp3) is 0.500. The van der Waals surface area contributed by atoms with Gasteiger partial charge < -0.3 is 14.2 Å². The number of rotatable bonds is 8. The van der Waals surface area contributed by atoms with Gasteiger partial charge in [0.1, 0.15) is 6.42 Å². The molecule has 0 fully saturated rings. The number of Topliss-reactive ketones (excluding diaryl/α,β-unsaturated/α-hetero) is 1. The van der Waals surface area contributed by atoms with E-state index in [9.17, 15) is 9.59 Å². The van der Waals surface area contributed by atoms with Crippen molar-refractivity contribution in [2.45, 2.75) is 40.2 Å². The second-order valence-corrected chi connectivity index (χ2v) is 4.64. The van der Waals surface area contributed by atoms with Gasteiger partial charge in [-0.05, 0) is 39.8 Å². The zero-order valence-electron chi connectivity index (χ0n) is 13.0. The van der Waals surface area contributed by atoms with E-state index in [1.54, 1.807) is 32.0 Å². The van der Waals surface area contributed by atoms with E-state index in [0.717, 1.165) is 0 Å². The summed E-state index contributed by atoms with van der Waals surface area (Å²) in [5, 5.41) is 0. The van der Waals surface area contributed by atoms with Crippen LogP contribution in [0, 0.1) is 0 Å². The first-order valence-electron chi connectivity index (χ1n) is 7.10. The average molecular weight is 294 g/mol. The number of ketones is 1. The van der Waals surface area contributed by atoms with Crippen molar-refractivity contribution in [3.05, 3.63) is 23.8 Å². The summed E-state index contributed by atoms with van der Waals surface area (Å²) >= 11 is 0. The number of hydrogen-bond donors (Lipinski definition) is 0. The fourth-order valence-corrected chi connectivity index (χ4v) is 1.83. The lowest BCUT2D eigenvalue weighted by atomic mass is 10.1. The number of esters is 1. The molecule has 0 spiro atoms. The molecule has 0 unspecified atom stereocenters.